The summed E-state index contributed by atoms with van der Waals surface area (Å²) in [5, 5.41) is 11.1. The van der Waals surface area contributed by atoms with Crippen LogP contribution in [0.3, 0.4) is 0 Å². The number of aromatic nitrogens is 2. The topological polar surface area (TPSA) is 50.3 Å². The summed E-state index contributed by atoms with van der Waals surface area (Å²) < 4.78 is 5.78. The van der Waals surface area contributed by atoms with Crippen LogP contribution in [0.25, 0.3) is 0 Å². The molecule has 106 valence electrons. The predicted molar refractivity (Wildman–Crippen MR) is 76.2 cm³/mol. The molecule has 1 aromatic heterocycles. The average Bonchev–Trinajstić information content (AvgIpc) is 2.44. The van der Waals surface area contributed by atoms with Gasteiger partial charge in [-0.1, -0.05) is 13.8 Å². The summed E-state index contributed by atoms with van der Waals surface area (Å²) in [6.45, 7) is 9.37. The fourth-order valence-electron chi connectivity index (χ4n) is 2.16. The van der Waals surface area contributed by atoms with Crippen molar-refractivity contribution in [1.82, 2.24) is 15.1 Å². The number of nitrogens with zero attached hydrogens (tertiary/aromatic N) is 3. The van der Waals surface area contributed by atoms with E-state index in [0.717, 1.165) is 38.0 Å². The molecule has 5 heteroatoms. The highest BCUT2D eigenvalue weighted by Crippen LogP contribution is 2.09. The van der Waals surface area contributed by atoms with E-state index in [4.69, 9.17) is 4.74 Å². The molecule has 0 saturated carbocycles. The van der Waals surface area contributed by atoms with Gasteiger partial charge < -0.3 is 10.1 Å². The van der Waals surface area contributed by atoms with Gasteiger partial charge in [0, 0.05) is 25.8 Å². The maximum atomic E-state index is 5.78. The summed E-state index contributed by atoms with van der Waals surface area (Å²) in [7, 11) is 0. The van der Waals surface area contributed by atoms with Crippen molar-refractivity contribution in [1.29, 1.82) is 0 Å². The lowest BCUT2D eigenvalue weighted by Crippen LogP contribution is -2.45. The van der Waals surface area contributed by atoms with E-state index in [1.54, 1.807) is 6.20 Å². The lowest BCUT2D eigenvalue weighted by atomic mass is 10.1. The number of morpholine rings is 1. The first-order valence-corrected chi connectivity index (χ1v) is 7.09. The molecule has 1 N–H and O–H groups in total. The zero-order chi connectivity index (χ0) is 13.5. The van der Waals surface area contributed by atoms with Gasteiger partial charge in [0.25, 0.3) is 0 Å². The van der Waals surface area contributed by atoms with Crippen LogP contribution in [0.1, 0.15) is 20.3 Å². The number of anilines is 1. The minimum absolute atomic E-state index is 0.239. The van der Waals surface area contributed by atoms with Crippen molar-refractivity contribution in [2.45, 2.75) is 26.4 Å². The molecule has 1 aromatic rings. The zero-order valence-electron chi connectivity index (χ0n) is 11.9. The van der Waals surface area contributed by atoms with Gasteiger partial charge in [0.05, 0.1) is 12.7 Å². The van der Waals surface area contributed by atoms with Crippen molar-refractivity contribution in [3.63, 3.8) is 0 Å². The first-order chi connectivity index (χ1) is 9.24. The van der Waals surface area contributed by atoms with Crippen molar-refractivity contribution in [2.24, 2.45) is 5.92 Å². The van der Waals surface area contributed by atoms with Crippen LogP contribution in [0, 0.1) is 5.92 Å². The van der Waals surface area contributed by atoms with Gasteiger partial charge in [-0.2, -0.15) is 5.10 Å². The minimum Gasteiger partial charge on any atom is -0.374 e. The number of ether oxygens (including phenoxy) is 1. The van der Waals surface area contributed by atoms with Gasteiger partial charge in [-0.15, -0.1) is 5.10 Å². The van der Waals surface area contributed by atoms with E-state index < -0.39 is 0 Å². The van der Waals surface area contributed by atoms with Crippen LogP contribution in [0.5, 0.6) is 0 Å². The Hall–Kier alpha value is -1.20. The molecule has 1 saturated heterocycles. The fraction of sp³-hybridized carbons (Fsp3) is 0.714. The Labute approximate surface area is 115 Å². The van der Waals surface area contributed by atoms with Crippen molar-refractivity contribution in [2.75, 3.05) is 38.1 Å². The number of hydrogen-bond donors (Lipinski definition) is 1. The van der Waals surface area contributed by atoms with Crippen LogP contribution in [-0.2, 0) is 4.74 Å². The Kier molecular flexibility index (Phi) is 5.54. The fourth-order valence-corrected chi connectivity index (χ4v) is 2.16. The van der Waals surface area contributed by atoms with E-state index >= 15 is 0 Å². The molecule has 2 rings (SSSR count). The maximum Gasteiger partial charge on any atom is 0.148 e. The Balaban J connectivity index is 1.72. The van der Waals surface area contributed by atoms with Gasteiger partial charge in [-0.3, -0.25) is 4.90 Å². The monoisotopic (exact) mass is 264 g/mol. The van der Waals surface area contributed by atoms with Gasteiger partial charge in [0.1, 0.15) is 5.82 Å². The third-order valence-corrected chi connectivity index (χ3v) is 3.33. The van der Waals surface area contributed by atoms with Crippen LogP contribution >= 0.6 is 0 Å². The standard InChI is InChI=1S/C14H24N4O/c1-12(2)5-7-18-8-9-19-13(11-18)10-15-14-4-3-6-16-17-14/h3-4,6,12-13H,5,7-11H2,1-2H3,(H,15,17). The van der Waals surface area contributed by atoms with Crippen molar-refractivity contribution in [3.05, 3.63) is 18.3 Å². The van der Waals surface area contributed by atoms with Gasteiger partial charge in [0.2, 0.25) is 0 Å². The summed E-state index contributed by atoms with van der Waals surface area (Å²) in [5.41, 5.74) is 0. The molecular formula is C14H24N4O. The second kappa shape index (κ2) is 7.40. The largest absolute Gasteiger partial charge is 0.374 e. The molecule has 0 spiro atoms. The van der Waals surface area contributed by atoms with E-state index in [9.17, 15) is 0 Å². The molecule has 0 aromatic carbocycles. The van der Waals surface area contributed by atoms with E-state index in [0.29, 0.717) is 0 Å². The summed E-state index contributed by atoms with van der Waals surface area (Å²) in [6.07, 6.45) is 3.17. The Morgan fingerprint density at radius 3 is 3.16 bits per heavy atom. The highest BCUT2D eigenvalue weighted by atomic mass is 16.5. The molecule has 2 heterocycles. The van der Waals surface area contributed by atoms with Crippen LogP contribution in [0.15, 0.2) is 18.3 Å². The second-order valence-corrected chi connectivity index (χ2v) is 5.47. The number of hydrogen-bond acceptors (Lipinski definition) is 5. The smallest absolute Gasteiger partial charge is 0.148 e. The third-order valence-electron chi connectivity index (χ3n) is 3.33. The highest BCUT2D eigenvalue weighted by Gasteiger charge is 2.20. The highest BCUT2D eigenvalue weighted by molar-refractivity contribution is 5.31. The molecule has 1 fully saturated rings. The molecule has 0 bridgehead atoms. The van der Waals surface area contributed by atoms with Crippen LogP contribution < -0.4 is 5.32 Å². The first-order valence-electron chi connectivity index (χ1n) is 7.09. The molecule has 1 atom stereocenters. The maximum absolute atomic E-state index is 5.78. The van der Waals surface area contributed by atoms with E-state index in [2.05, 4.69) is 34.3 Å². The molecule has 5 nitrogen and oxygen atoms in total. The van der Waals surface area contributed by atoms with Crippen molar-refractivity contribution >= 4 is 5.82 Å². The SMILES string of the molecule is CC(C)CCN1CCOC(CNc2cccnn2)C1. The number of nitrogens with one attached hydrogen (secondary N) is 1. The molecular weight excluding hydrogens is 240 g/mol. The molecule has 1 aliphatic heterocycles. The van der Waals surface area contributed by atoms with Gasteiger partial charge in [0.15, 0.2) is 0 Å². The molecule has 19 heavy (non-hydrogen) atoms. The normalized spacial score (nSPS) is 20.7. The summed E-state index contributed by atoms with van der Waals surface area (Å²) >= 11 is 0. The van der Waals surface area contributed by atoms with Gasteiger partial charge >= 0.3 is 0 Å². The molecule has 1 aliphatic rings. The number of rotatable bonds is 6. The summed E-state index contributed by atoms with van der Waals surface area (Å²) in [6, 6.07) is 3.80. The molecule has 0 amide bonds. The predicted octanol–water partition coefficient (Wildman–Crippen LogP) is 1.64. The summed E-state index contributed by atoms with van der Waals surface area (Å²) in [4.78, 5) is 2.49. The van der Waals surface area contributed by atoms with Crippen LogP contribution in [0.4, 0.5) is 5.82 Å². The molecule has 0 aliphatic carbocycles. The lowest BCUT2D eigenvalue weighted by molar-refractivity contribution is -0.0222. The van der Waals surface area contributed by atoms with Gasteiger partial charge in [-0.05, 0) is 31.0 Å². The zero-order valence-corrected chi connectivity index (χ0v) is 11.9. The quantitative estimate of drug-likeness (QED) is 0.846. The van der Waals surface area contributed by atoms with Crippen LogP contribution in [-0.4, -0.2) is 54.0 Å². The minimum atomic E-state index is 0.239. The third kappa shape index (κ3) is 5.12. The van der Waals surface area contributed by atoms with E-state index in [-0.39, 0.29) is 6.10 Å². The Morgan fingerprint density at radius 1 is 1.53 bits per heavy atom. The Bertz CT molecular complexity index is 358. The molecule has 0 radical (unpaired) electrons. The second-order valence-electron chi connectivity index (χ2n) is 5.47. The van der Waals surface area contributed by atoms with Gasteiger partial charge in [-0.25, -0.2) is 0 Å². The van der Waals surface area contributed by atoms with Crippen molar-refractivity contribution in [3.8, 4) is 0 Å². The van der Waals surface area contributed by atoms with Crippen molar-refractivity contribution < 1.29 is 4.74 Å². The average molecular weight is 264 g/mol. The Morgan fingerprint density at radius 2 is 2.42 bits per heavy atom. The molecule has 1 unspecified atom stereocenters. The lowest BCUT2D eigenvalue weighted by Gasteiger charge is -2.33. The van der Waals surface area contributed by atoms with Crippen LogP contribution in [0.2, 0.25) is 0 Å². The summed E-state index contributed by atoms with van der Waals surface area (Å²) in [5.74, 6) is 1.57. The van der Waals surface area contributed by atoms with E-state index in [1.165, 1.54) is 13.0 Å². The van der Waals surface area contributed by atoms with E-state index in [1.807, 2.05) is 12.1 Å². The first kappa shape index (κ1) is 14.2.